The summed E-state index contributed by atoms with van der Waals surface area (Å²) in [7, 11) is 0. The largest absolute Gasteiger partial charge is 0.378 e. The van der Waals surface area contributed by atoms with E-state index in [4.69, 9.17) is 4.74 Å². The quantitative estimate of drug-likeness (QED) is 0.610. The number of hydrogen-bond donors (Lipinski definition) is 0. The lowest BCUT2D eigenvalue weighted by molar-refractivity contribution is -0.385. The maximum absolute atomic E-state index is 10.6. The Balaban J connectivity index is 2.24. The molecule has 1 aliphatic rings. The predicted octanol–water partition coefficient (Wildman–Crippen LogP) is 1.59. The normalized spacial score (nSPS) is 16.2. The number of morpholine rings is 1. The molecule has 1 aromatic heterocycles. The highest BCUT2D eigenvalue weighted by molar-refractivity contribution is 9.10. The van der Waals surface area contributed by atoms with Gasteiger partial charge in [-0.2, -0.15) is 0 Å². The summed E-state index contributed by atoms with van der Waals surface area (Å²) >= 11 is 3.30. The number of aromatic nitrogens is 1. The van der Waals surface area contributed by atoms with E-state index in [-0.39, 0.29) is 5.69 Å². The number of hydrogen-bond acceptors (Lipinski definition) is 5. The van der Waals surface area contributed by atoms with Gasteiger partial charge in [0.2, 0.25) is 0 Å². The Morgan fingerprint density at radius 2 is 2.19 bits per heavy atom. The Morgan fingerprint density at radius 3 is 2.75 bits per heavy atom. The molecule has 0 atom stereocenters. The van der Waals surface area contributed by atoms with Gasteiger partial charge in [0.1, 0.15) is 12.0 Å². The molecule has 0 aliphatic carbocycles. The summed E-state index contributed by atoms with van der Waals surface area (Å²) < 4.78 is 5.87. The summed E-state index contributed by atoms with van der Waals surface area (Å²) in [6.45, 7) is 2.82. The van der Waals surface area contributed by atoms with Crippen molar-refractivity contribution in [2.75, 3.05) is 31.2 Å². The second-order valence-electron chi connectivity index (χ2n) is 3.36. The van der Waals surface area contributed by atoms with Crippen molar-refractivity contribution in [2.45, 2.75) is 0 Å². The molecule has 1 saturated heterocycles. The Morgan fingerprint density at radius 1 is 1.50 bits per heavy atom. The van der Waals surface area contributed by atoms with Crippen LogP contribution in [-0.2, 0) is 4.74 Å². The van der Waals surface area contributed by atoms with Gasteiger partial charge in [0.15, 0.2) is 0 Å². The molecule has 0 aromatic carbocycles. The van der Waals surface area contributed by atoms with Gasteiger partial charge in [-0.25, -0.2) is 4.98 Å². The van der Waals surface area contributed by atoms with Crippen LogP contribution in [0.5, 0.6) is 0 Å². The molecule has 1 aliphatic heterocycles. The number of nitro groups is 1. The maximum Gasteiger partial charge on any atom is 0.288 e. The van der Waals surface area contributed by atoms with E-state index in [0.717, 1.165) is 18.9 Å². The molecule has 16 heavy (non-hydrogen) atoms. The highest BCUT2D eigenvalue weighted by Gasteiger charge is 2.17. The third-order valence-corrected chi connectivity index (χ3v) is 2.91. The standard InChI is InChI=1S/C9H10BrN3O3/c10-8-5-7(13(14)15)6-11-9(8)12-1-3-16-4-2-12/h5-6H,1-4H2. The van der Waals surface area contributed by atoms with E-state index in [1.807, 2.05) is 4.90 Å². The molecule has 0 radical (unpaired) electrons. The van der Waals surface area contributed by atoms with Crippen LogP contribution in [0.1, 0.15) is 0 Å². The molecule has 6 nitrogen and oxygen atoms in total. The summed E-state index contributed by atoms with van der Waals surface area (Å²) in [4.78, 5) is 16.2. The monoisotopic (exact) mass is 287 g/mol. The van der Waals surface area contributed by atoms with Crippen LogP contribution in [0.25, 0.3) is 0 Å². The van der Waals surface area contributed by atoms with Crippen molar-refractivity contribution in [3.63, 3.8) is 0 Å². The van der Waals surface area contributed by atoms with Gasteiger partial charge >= 0.3 is 0 Å². The van der Waals surface area contributed by atoms with Crippen LogP contribution >= 0.6 is 15.9 Å². The molecular weight excluding hydrogens is 278 g/mol. The Kier molecular flexibility index (Phi) is 3.35. The molecule has 0 unspecified atom stereocenters. The molecule has 1 fully saturated rings. The minimum atomic E-state index is -0.457. The van der Waals surface area contributed by atoms with Crippen molar-refractivity contribution in [1.82, 2.24) is 4.98 Å². The average Bonchev–Trinajstić information content (AvgIpc) is 2.30. The van der Waals surface area contributed by atoms with Crippen LogP contribution in [-0.4, -0.2) is 36.2 Å². The van der Waals surface area contributed by atoms with Crippen LogP contribution < -0.4 is 4.90 Å². The maximum atomic E-state index is 10.6. The van der Waals surface area contributed by atoms with Crippen LogP contribution in [0.2, 0.25) is 0 Å². The average molecular weight is 288 g/mol. The number of halogens is 1. The van der Waals surface area contributed by atoms with Crippen molar-refractivity contribution in [1.29, 1.82) is 0 Å². The minimum Gasteiger partial charge on any atom is -0.378 e. The first-order valence-corrected chi connectivity index (χ1v) is 5.60. The van der Waals surface area contributed by atoms with E-state index < -0.39 is 4.92 Å². The first-order chi connectivity index (χ1) is 7.68. The molecule has 2 rings (SSSR count). The molecule has 86 valence electrons. The lowest BCUT2D eigenvalue weighted by Crippen LogP contribution is -2.36. The van der Waals surface area contributed by atoms with Gasteiger partial charge in [-0.3, -0.25) is 10.1 Å². The third-order valence-electron chi connectivity index (χ3n) is 2.33. The van der Waals surface area contributed by atoms with Gasteiger partial charge in [-0.15, -0.1) is 0 Å². The van der Waals surface area contributed by atoms with Gasteiger partial charge < -0.3 is 9.64 Å². The lowest BCUT2D eigenvalue weighted by atomic mass is 10.3. The van der Waals surface area contributed by atoms with E-state index >= 15 is 0 Å². The minimum absolute atomic E-state index is 0.0103. The molecule has 2 heterocycles. The first-order valence-electron chi connectivity index (χ1n) is 4.81. The van der Waals surface area contributed by atoms with Gasteiger partial charge in [-0.1, -0.05) is 0 Å². The molecule has 1 aromatic rings. The summed E-state index contributed by atoms with van der Waals surface area (Å²) in [5.74, 6) is 0.730. The van der Waals surface area contributed by atoms with Crippen LogP contribution in [0.15, 0.2) is 16.7 Å². The number of anilines is 1. The Bertz CT molecular complexity index is 407. The molecular formula is C9H10BrN3O3. The molecule has 0 N–H and O–H groups in total. The molecule has 0 saturated carbocycles. The summed E-state index contributed by atoms with van der Waals surface area (Å²) in [6.07, 6.45) is 1.27. The summed E-state index contributed by atoms with van der Waals surface area (Å²) in [5, 5.41) is 10.6. The highest BCUT2D eigenvalue weighted by atomic mass is 79.9. The zero-order valence-corrected chi connectivity index (χ0v) is 10.0. The second-order valence-corrected chi connectivity index (χ2v) is 4.21. The number of nitrogens with zero attached hydrogens (tertiary/aromatic N) is 3. The topological polar surface area (TPSA) is 68.5 Å². The fourth-order valence-electron chi connectivity index (χ4n) is 1.53. The Hall–Kier alpha value is -1.21. The van der Waals surface area contributed by atoms with Crippen molar-refractivity contribution < 1.29 is 9.66 Å². The number of rotatable bonds is 2. The Labute approximate surface area is 100 Å². The van der Waals surface area contributed by atoms with Crippen molar-refractivity contribution in [3.8, 4) is 0 Å². The molecule has 0 bridgehead atoms. The first kappa shape index (κ1) is 11.3. The van der Waals surface area contributed by atoms with Gasteiger partial charge in [-0.05, 0) is 15.9 Å². The van der Waals surface area contributed by atoms with E-state index in [2.05, 4.69) is 20.9 Å². The van der Waals surface area contributed by atoms with Gasteiger partial charge in [0.25, 0.3) is 5.69 Å². The summed E-state index contributed by atoms with van der Waals surface area (Å²) in [5.41, 5.74) is -0.0103. The highest BCUT2D eigenvalue weighted by Crippen LogP contribution is 2.27. The van der Waals surface area contributed by atoms with E-state index in [1.54, 1.807) is 0 Å². The van der Waals surface area contributed by atoms with Gasteiger partial charge in [0.05, 0.1) is 22.6 Å². The van der Waals surface area contributed by atoms with Crippen LogP contribution in [0.4, 0.5) is 11.5 Å². The molecule has 0 spiro atoms. The van der Waals surface area contributed by atoms with Crippen LogP contribution in [0.3, 0.4) is 0 Å². The van der Waals surface area contributed by atoms with Crippen molar-refractivity contribution in [2.24, 2.45) is 0 Å². The fraction of sp³-hybridized carbons (Fsp3) is 0.444. The van der Waals surface area contributed by atoms with E-state index in [0.29, 0.717) is 17.7 Å². The SMILES string of the molecule is O=[N+]([O-])c1cnc(N2CCOCC2)c(Br)c1. The van der Waals surface area contributed by atoms with Crippen molar-refractivity contribution >= 4 is 27.4 Å². The number of pyridine rings is 1. The van der Waals surface area contributed by atoms with Gasteiger partial charge in [0, 0.05) is 19.2 Å². The summed E-state index contributed by atoms with van der Waals surface area (Å²) in [6, 6.07) is 1.47. The zero-order chi connectivity index (χ0) is 11.5. The molecule has 7 heteroatoms. The zero-order valence-electron chi connectivity index (χ0n) is 8.43. The smallest absolute Gasteiger partial charge is 0.288 e. The van der Waals surface area contributed by atoms with Crippen molar-refractivity contribution in [3.05, 3.63) is 26.9 Å². The fourth-order valence-corrected chi connectivity index (χ4v) is 2.12. The predicted molar refractivity (Wildman–Crippen MR) is 61.6 cm³/mol. The van der Waals surface area contributed by atoms with E-state index in [1.165, 1.54) is 12.3 Å². The van der Waals surface area contributed by atoms with Crippen LogP contribution in [0, 0.1) is 10.1 Å². The molecule has 0 amide bonds. The second kappa shape index (κ2) is 4.75. The number of ether oxygens (including phenoxy) is 1. The lowest BCUT2D eigenvalue weighted by Gasteiger charge is -2.28. The third kappa shape index (κ3) is 2.30. The van der Waals surface area contributed by atoms with E-state index in [9.17, 15) is 10.1 Å².